The van der Waals surface area contributed by atoms with Crippen LogP contribution in [0.15, 0.2) is 36.4 Å². The molecule has 0 saturated heterocycles. The van der Waals surface area contributed by atoms with E-state index in [9.17, 15) is 0 Å². The molecule has 0 atom stereocenters. The normalized spacial score (nSPS) is 12.7. The summed E-state index contributed by atoms with van der Waals surface area (Å²) < 4.78 is 0. The first kappa shape index (κ1) is 14.2. The summed E-state index contributed by atoms with van der Waals surface area (Å²) in [6.45, 7) is 8.21. The predicted octanol–water partition coefficient (Wildman–Crippen LogP) is 5.82. The van der Waals surface area contributed by atoms with Gasteiger partial charge in [0.15, 0.2) is 0 Å². The van der Waals surface area contributed by atoms with Crippen molar-refractivity contribution in [2.24, 2.45) is 0 Å². The van der Waals surface area contributed by atoms with Crippen LogP contribution in [0.4, 0.5) is 0 Å². The number of hydrogen-bond donors (Lipinski definition) is 0. The molecule has 0 bridgehead atoms. The van der Waals surface area contributed by atoms with Crippen LogP contribution >= 0.6 is 0 Å². The fraction of sp³-hybridized carbons (Fsp3) is 0.222. The summed E-state index contributed by atoms with van der Waals surface area (Å²) in [6, 6.07) is 4.45. The molecule has 0 fully saturated rings. The minimum atomic E-state index is 1.24. The third-order valence-electron chi connectivity index (χ3n) is 2.65. The van der Waals surface area contributed by atoms with Gasteiger partial charge in [0, 0.05) is 0 Å². The highest BCUT2D eigenvalue weighted by atomic mass is 14.1. The highest BCUT2D eigenvalue weighted by Gasteiger charge is 2.03. The van der Waals surface area contributed by atoms with E-state index < -0.39 is 0 Å². The minimum absolute atomic E-state index is 1.24. The van der Waals surface area contributed by atoms with Gasteiger partial charge in [-0.2, -0.15) is 0 Å². The Bertz CT molecular complexity index is 464. The summed E-state index contributed by atoms with van der Waals surface area (Å²) in [6.07, 6.45) is 17.0. The monoisotopic (exact) mass is 238 g/mol. The molecule has 0 unspecified atom stereocenters. The van der Waals surface area contributed by atoms with Crippen LogP contribution in [-0.2, 0) is 0 Å². The van der Waals surface area contributed by atoms with Crippen molar-refractivity contribution in [2.45, 2.75) is 27.7 Å². The van der Waals surface area contributed by atoms with Crippen molar-refractivity contribution >= 4 is 24.3 Å². The van der Waals surface area contributed by atoms with Crippen molar-refractivity contribution in [1.82, 2.24) is 0 Å². The molecular weight excluding hydrogens is 216 g/mol. The second kappa shape index (κ2) is 7.50. The molecular formula is C18H22. The second-order valence-electron chi connectivity index (χ2n) is 4.11. The van der Waals surface area contributed by atoms with E-state index in [0.717, 1.165) is 0 Å². The fourth-order valence-electron chi connectivity index (χ4n) is 2.01. The lowest BCUT2D eigenvalue weighted by molar-refractivity contribution is 1.52. The minimum Gasteiger partial charge on any atom is -0.0871 e. The molecule has 0 heterocycles. The maximum absolute atomic E-state index is 2.22. The van der Waals surface area contributed by atoms with Gasteiger partial charge in [0.25, 0.3) is 0 Å². The molecule has 0 aliphatic heterocycles. The van der Waals surface area contributed by atoms with Gasteiger partial charge in [-0.05, 0) is 62.1 Å². The largest absolute Gasteiger partial charge is 0.0871 e. The lowest BCUT2D eigenvalue weighted by Crippen LogP contribution is -1.89. The van der Waals surface area contributed by atoms with Crippen molar-refractivity contribution < 1.29 is 0 Å². The van der Waals surface area contributed by atoms with Gasteiger partial charge in [0.05, 0.1) is 0 Å². The van der Waals surface area contributed by atoms with E-state index in [1.807, 2.05) is 6.92 Å². The van der Waals surface area contributed by atoms with Crippen LogP contribution in [0, 0.1) is 0 Å². The molecule has 1 aromatic carbocycles. The zero-order valence-electron chi connectivity index (χ0n) is 11.8. The van der Waals surface area contributed by atoms with Gasteiger partial charge in [-0.15, -0.1) is 0 Å². The van der Waals surface area contributed by atoms with E-state index in [1.54, 1.807) is 0 Å². The van der Waals surface area contributed by atoms with Gasteiger partial charge in [0.2, 0.25) is 0 Å². The van der Waals surface area contributed by atoms with Crippen molar-refractivity contribution in [2.75, 3.05) is 0 Å². The van der Waals surface area contributed by atoms with E-state index >= 15 is 0 Å². The molecule has 1 aromatic rings. The molecule has 0 amide bonds. The zero-order chi connectivity index (χ0) is 13.4. The third kappa shape index (κ3) is 3.59. The Morgan fingerprint density at radius 3 is 1.44 bits per heavy atom. The number of benzene rings is 1. The summed E-state index contributed by atoms with van der Waals surface area (Å²) in [5.74, 6) is 0. The fourth-order valence-corrected chi connectivity index (χ4v) is 2.01. The van der Waals surface area contributed by atoms with Crippen molar-refractivity contribution in [3.05, 3.63) is 58.7 Å². The first-order chi connectivity index (χ1) is 8.76. The molecule has 0 aromatic heterocycles. The highest BCUT2D eigenvalue weighted by Crippen LogP contribution is 2.23. The standard InChI is InChI=1S/C18H22/c1-5-9-15-13-16(10-6-2)18(12-8-4)17(14-15)11-7-3/h5-14H,1-4H3. The maximum Gasteiger partial charge on any atom is -0.0115 e. The van der Waals surface area contributed by atoms with Crippen LogP contribution < -0.4 is 0 Å². The first-order valence-corrected chi connectivity index (χ1v) is 6.45. The quantitative estimate of drug-likeness (QED) is 0.620. The molecule has 0 radical (unpaired) electrons. The van der Waals surface area contributed by atoms with Crippen molar-refractivity contribution in [3.63, 3.8) is 0 Å². The van der Waals surface area contributed by atoms with Crippen LogP contribution in [0.5, 0.6) is 0 Å². The van der Waals surface area contributed by atoms with E-state index in [2.05, 4.69) is 81.5 Å². The van der Waals surface area contributed by atoms with Crippen LogP contribution in [0.2, 0.25) is 0 Å². The molecule has 0 nitrogen and oxygen atoms in total. The Kier molecular flexibility index (Phi) is 5.93. The second-order valence-corrected chi connectivity index (χ2v) is 4.11. The molecule has 0 saturated carbocycles. The molecule has 0 N–H and O–H groups in total. The van der Waals surface area contributed by atoms with Crippen LogP contribution in [-0.4, -0.2) is 0 Å². The Hall–Kier alpha value is -1.82. The average Bonchev–Trinajstić information content (AvgIpc) is 2.34. The summed E-state index contributed by atoms with van der Waals surface area (Å²) in [7, 11) is 0. The summed E-state index contributed by atoms with van der Waals surface area (Å²) >= 11 is 0. The lowest BCUT2D eigenvalue weighted by Gasteiger charge is -2.09. The Labute approximate surface area is 111 Å². The van der Waals surface area contributed by atoms with Crippen molar-refractivity contribution in [1.29, 1.82) is 0 Å². The smallest absolute Gasteiger partial charge is 0.0115 e. The summed E-state index contributed by atoms with van der Waals surface area (Å²) in [5.41, 5.74) is 5.05. The Balaban J connectivity index is 3.53. The van der Waals surface area contributed by atoms with Crippen LogP contribution in [0.25, 0.3) is 24.3 Å². The zero-order valence-corrected chi connectivity index (χ0v) is 11.8. The first-order valence-electron chi connectivity index (χ1n) is 6.45. The van der Waals surface area contributed by atoms with E-state index in [1.165, 1.54) is 22.3 Å². The number of allylic oxidation sites excluding steroid dienone is 4. The Morgan fingerprint density at radius 1 is 0.611 bits per heavy atom. The summed E-state index contributed by atoms with van der Waals surface area (Å²) in [4.78, 5) is 0. The van der Waals surface area contributed by atoms with Crippen LogP contribution in [0.1, 0.15) is 49.9 Å². The molecule has 94 valence electrons. The molecule has 0 heteroatoms. The van der Waals surface area contributed by atoms with Gasteiger partial charge in [-0.25, -0.2) is 0 Å². The number of rotatable bonds is 4. The van der Waals surface area contributed by atoms with Crippen molar-refractivity contribution in [3.8, 4) is 0 Å². The molecule has 1 rings (SSSR count). The van der Waals surface area contributed by atoms with Gasteiger partial charge >= 0.3 is 0 Å². The Morgan fingerprint density at radius 2 is 1.06 bits per heavy atom. The van der Waals surface area contributed by atoms with Gasteiger partial charge in [0.1, 0.15) is 0 Å². The van der Waals surface area contributed by atoms with E-state index in [4.69, 9.17) is 0 Å². The topological polar surface area (TPSA) is 0 Å². The van der Waals surface area contributed by atoms with Crippen LogP contribution in [0.3, 0.4) is 0 Å². The maximum atomic E-state index is 2.22. The SMILES string of the molecule is CC=Cc1cc(C=CC)c(C=CC)c(C=CC)c1. The van der Waals surface area contributed by atoms with Gasteiger partial charge in [-0.1, -0.05) is 48.6 Å². The lowest BCUT2D eigenvalue weighted by atomic mass is 9.96. The van der Waals surface area contributed by atoms with Gasteiger partial charge < -0.3 is 0 Å². The average molecular weight is 238 g/mol. The van der Waals surface area contributed by atoms with E-state index in [0.29, 0.717) is 0 Å². The molecule has 0 aliphatic carbocycles. The molecule has 18 heavy (non-hydrogen) atoms. The number of hydrogen-bond acceptors (Lipinski definition) is 0. The molecule has 0 spiro atoms. The third-order valence-corrected chi connectivity index (χ3v) is 2.65. The summed E-state index contributed by atoms with van der Waals surface area (Å²) in [5, 5.41) is 0. The van der Waals surface area contributed by atoms with Gasteiger partial charge in [-0.3, -0.25) is 0 Å². The van der Waals surface area contributed by atoms with E-state index in [-0.39, 0.29) is 0 Å². The predicted molar refractivity (Wildman–Crippen MR) is 85.3 cm³/mol. The highest BCUT2D eigenvalue weighted by molar-refractivity contribution is 5.76. The molecule has 0 aliphatic rings.